The molecule has 2 N–H and O–H groups in total. The van der Waals surface area contributed by atoms with Gasteiger partial charge in [0.15, 0.2) is 0 Å². The van der Waals surface area contributed by atoms with Crippen LogP contribution in [0.1, 0.15) is 5.56 Å². The van der Waals surface area contributed by atoms with Gasteiger partial charge in [-0.15, -0.1) is 5.48 Å². The van der Waals surface area contributed by atoms with Crippen molar-refractivity contribution in [3.05, 3.63) is 29.8 Å². The summed E-state index contributed by atoms with van der Waals surface area (Å²) in [6, 6.07) is 8.24. The van der Waals surface area contributed by atoms with Gasteiger partial charge in [-0.2, -0.15) is 0 Å². The van der Waals surface area contributed by atoms with Crippen molar-refractivity contribution in [2.45, 2.75) is 12.3 Å². The number of para-hydroxylation sites is 1. The third-order valence-corrected chi connectivity index (χ3v) is 2.14. The molecule has 0 bridgehead atoms. The predicted molar refractivity (Wildman–Crippen MR) is 40.7 cm³/mol. The average Bonchev–Trinajstić information content (AvgIpc) is 2.66. The molecule has 56 valence electrons. The van der Waals surface area contributed by atoms with E-state index < -0.39 is 0 Å². The van der Waals surface area contributed by atoms with Crippen molar-refractivity contribution < 1.29 is 4.84 Å². The van der Waals surface area contributed by atoms with Gasteiger partial charge in [0.05, 0.1) is 0 Å². The number of benzene rings is 1. The normalized spacial score (nSPS) is 31.6. The molecule has 2 aliphatic rings. The number of hydrogen-bond donors (Lipinski definition) is 2. The van der Waals surface area contributed by atoms with Crippen molar-refractivity contribution in [3.8, 4) is 0 Å². The fourth-order valence-electron chi connectivity index (χ4n) is 1.51. The molecule has 1 unspecified atom stereocenters. The molecule has 0 saturated carbocycles. The van der Waals surface area contributed by atoms with E-state index in [4.69, 9.17) is 4.84 Å². The van der Waals surface area contributed by atoms with Crippen LogP contribution in [0.2, 0.25) is 0 Å². The van der Waals surface area contributed by atoms with Crippen molar-refractivity contribution in [2.24, 2.45) is 0 Å². The maximum Gasteiger partial charge on any atom is 0.240 e. The largest absolute Gasteiger partial charge is 0.342 e. The highest BCUT2D eigenvalue weighted by Gasteiger charge is 2.49. The first-order chi connectivity index (χ1) is 5.38. The number of rotatable bonds is 0. The molecule has 0 aliphatic carbocycles. The van der Waals surface area contributed by atoms with E-state index in [0.29, 0.717) is 0 Å². The van der Waals surface area contributed by atoms with Crippen LogP contribution in [0.15, 0.2) is 24.3 Å². The molecule has 3 rings (SSSR count). The molecule has 3 nitrogen and oxygen atoms in total. The molecular formula is C8H8N2O. The number of nitrogens with one attached hydrogen (secondary N) is 2. The number of fused-ring (bicyclic) bond motifs is 1. The van der Waals surface area contributed by atoms with Crippen LogP contribution in [0.4, 0.5) is 5.69 Å². The summed E-state index contributed by atoms with van der Waals surface area (Å²) in [4.78, 5) is 5.08. The Bertz CT molecular complexity index is 280. The zero-order valence-electron chi connectivity index (χ0n) is 5.92. The van der Waals surface area contributed by atoms with E-state index in [1.54, 1.807) is 0 Å². The number of hydrogen-bond acceptors (Lipinski definition) is 3. The van der Waals surface area contributed by atoms with Crippen LogP contribution in [-0.2, 0) is 11.3 Å². The monoisotopic (exact) mass is 148 g/mol. The van der Waals surface area contributed by atoms with Crippen molar-refractivity contribution in [2.75, 3.05) is 5.32 Å². The van der Waals surface area contributed by atoms with E-state index >= 15 is 0 Å². The Kier molecular flexibility index (Phi) is 0.796. The molecule has 1 atom stereocenters. The molecule has 3 heteroatoms. The lowest BCUT2D eigenvalue weighted by Crippen LogP contribution is -2.22. The highest BCUT2D eigenvalue weighted by molar-refractivity contribution is 5.58. The number of anilines is 1. The highest BCUT2D eigenvalue weighted by atomic mass is 16.8. The van der Waals surface area contributed by atoms with E-state index in [9.17, 15) is 0 Å². The third-order valence-electron chi connectivity index (χ3n) is 2.14. The second-order valence-corrected chi connectivity index (χ2v) is 2.99. The summed E-state index contributed by atoms with van der Waals surface area (Å²) in [5.74, 6) is -0.246. The van der Waals surface area contributed by atoms with Gasteiger partial charge in [0.2, 0.25) is 5.85 Å². The first-order valence-corrected chi connectivity index (χ1v) is 3.69. The van der Waals surface area contributed by atoms with Gasteiger partial charge in [-0.1, -0.05) is 18.2 Å². The van der Waals surface area contributed by atoms with Gasteiger partial charge in [0, 0.05) is 12.1 Å². The summed E-state index contributed by atoms with van der Waals surface area (Å²) in [5, 5.41) is 3.25. The highest BCUT2D eigenvalue weighted by Crippen LogP contribution is 2.36. The lowest BCUT2D eigenvalue weighted by atomic mass is 10.1. The Morgan fingerprint density at radius 2 is 2.18 bits per heavy atom. The Morgan fingerprint density at radius 3 is 2.91 bits per heavy atom. The van der Waals surface area contributed by atoms with E-state index in [2.05, 4.69) is 22.9 Å². The average molecular weight is 148 g/mol. The second kappa shape index (κ2) is 1.57. The van der Waals surface area contributed by atoms with Gasteiger partial charge in [-0.3, -0.25) is 4.84 Å². The molecule has 11 heavy (non-hydrogen) atoms. The zero-order chi connectivity index (χ0) is 7.31. The minimum atomic E-state index is -0.246. The molecule has 0 amide bonds. The van der Waals surface area contributed by atoms with Gasteiger partial charge < -0.3 is 5.32 Å². The third kappa shape index (κ3) is 0.692. The lowest BCUT2D eigenvalue weighted by Gasteiger charge is -1.98. The van der Waals surface area contributed by atoms with E-state index in [1.165, 1.54) is 11.3 Å². The molecule has 1 saturated heterocycles. The minimum Gasteiger partial charge on any atom is -0.342 e. The quantitative estimate of drug-likeness (QED) is 0.536. The standard InChI is InChI=1S/C8H8N2O/c1-2-4-7-6(3-1)5-8(9-7)10-11-8/h1-4,9-10H,5H2. The van der Waals surface area contributed by atoms with Crippen molar-refractivity contribution >= 4 is 5.69 Å². The smallest absolute Gasteiger partial charge is 0.240 e. The predicted octanol–water partition coefficient (Wildman–Crippen LogP) is 0.843. The molecule has 2 aliphatic heterocycles. The molecule has 0 aromatic heterocycles. The second-order valence-electron chi connectivity index (χ2n) is 2.99. The maximum absolute atomic E-state index is 5.08. The van der Waals surface area contributed by atoms with E-state index in [-0.39, 0.29) is 5.85 Å². The van der Waals surface area contributed by atoms with Gasteiger partial charge >= 0.3 is 0 Å². The summed E-state index contributed by atoms with van der Waals surface area (Å²) in [6.45, 7) is 0. The number of hydroxylamine groups is 1. The van der Waals surface area contributed by atoms with Gasteiger partial charge in [-0.25, -0.2) is 0 Å². The van der Waals surface area contributed by atoms with Crippen molar-refractivity contribution in [1.29, 1.82) is 0 Å². The SMILES string of the molecule is c1ccc2c(c1)CC1(NO1)N2. The molecule has 1 aromatic carbocycles. The Labute approximate surface area is 64.3 Å². The van der Waals surface area contributed by atoms with Crippen molar-refractivity contribution in [1.82, 2.24) is 5.48 Å². The minimum absolute atomic E-state index is 0.246. The molecule has 0 radical (unpaired) electrons. The molecular weight excluding hydrogens is 140 g/mol. The van der Waals surface area contributed by atoms with E-state index in [0.717, 1.165) is 6.42 Å². The summed E-state index contributed by atoms with van der Waals surface area (Å²) >= 11 is 0. The van der Waals surface area contributed by atoms with Gasteiger partial charge in [0.1, 0.15) is 0 Å². The van der Waals surface area contributed by atoms with Crippen LogP contribution in [0.3, 0.4) is 0 Å². The first-order valence-electron chi connectivity index (χ1n) is 3.69. The molecule has 2 heterocycles. The fourth-order valence-corrected chi connectivity index (χ4v) is 1.51. The van der Waals surface area contributed by atoms with Crippen LogP contribution in [0.25, 0.3) is 0 Å². The fraction of sp³-hybridized carbons (Fsp3) is 0.250. The van der Waals surface area contributed by atoms with E-state index in [1.807, 2.05) is 12.1 Å². The summed E-state index contributed by atoms with van der Waals surface area (Å²) in [6.07, 6.45) is 0.920. The van der Waals surface area contributed by atoms with Crippen molar-refractivity contribution in [3.63, 3.8) is 0 Å². The Morgan fingerprint density at radius 1 is 1.36 bits per heavy atom. The molecule has 1 aromatic rings. The zero-order valence-corrected chi connectivity index (χ0v) is 5.92. The maximum atomic E-state index is 5.08. The van der Waals surface area contributed by atoms with Gasteiger partial charge in [0.25, 0.3) is 0 Å². The summed E-state index contributed by atoms with van der Waals surface area (Å²) < 4.78 is 0. The first kappa shape index (κ1) is 5.57. The topological polar surface area (TPSA) is 46.5 Å². The van der Waals surface area contributed by atoms with Crippen LogP contribution >= 0.6 is 0 Å². The van der Waals surface area contributed by atoms with Crippen LogP contribution < -0.4 is 10.8 Å². The summed E-state index contributed by atoms with van der Waals surface area (Å²) in [7, 11) is 0. The van der Waals surface area contributed by atoms with Crippen LogP contribution in [-0.4, -0.2) is 5.85 Å². The van der Waals surface area contributed by atoms with Gasteiger partial charge in [-0.05, 0) is 11.6 Å². The van der Waals surface area contributed by atoms with Crippen LogP contribution in [0, 0.1) is 0 Å². The summed E-state index contributed by atoms with van der Waals surface area (Å²) in [5.41, 5.74) is 5.34. The Hall–Kier alpha value is -1.06. The Balaban J connectivity index is 2.08. The molecule has 1 spiro atoms. The molecule has 1 fully saturated rings. The van der Waals surface area contributed by atoms with Crippen LogP contribution in [0.5, 0.6) is 0 Å². The lowest BCUT2D eigenvalue weighted by molar-refractivity contribution is 0.319.